The fourth-order valence-corrected chi connectivity index (χ4v) is 5.47. The monoisotopic (exact) mass is 434 g/mol. The van der Waals surface area contributed by atoms with Crippen LogP contribution < -0.4 is 0 Å². The van der Waals surface area contributed by atoms with Crippen molar-refractivity contribution in [3.05, 3.63) is 65.7 Å². The van der Waals surface area contributed by atoms with Gasteiger partial charge in [-0.15, -0.1) is 0 Å². The van der Waals surface area contributed by atoms with Gasteiger partial charge in [-0.1, -0.05) is 24.3 Å². The maximum atomic E-state index is 14.0. The summed E-state index contributed by atoms with van der Waals surface area (Å²) in [6.45, 7) is 0.793. The van der Waals surface area contributed by atoms with Crippen LogP contribution in [0.5, 0.6) is 0 Å². The summed E-state index contributed by atoms with van der Waals surface area (Å²) in [5.41, 5.74) is 0.871. The Kier molecular flexibility index (Phi) is 5.88. The zero-order chi connectivity index (χ0) is 21.3. The zero-order valence-electron chi connectivity index (χ0n) is 16.5. The van der Waals surface area contributed by atoms with Crippen LogP contribution in [0.1, 0.15) is 31.2 Å². The Morgan fingerprint density at radius 2 is 1.60 bits per heavy atom. The highest BCUT2D eigenvalue weighted by molar-refractivity contribution is 7.89. The molecule has 0 atom stereocenters. The van der Waals surface area contributed by atoms with Crippen LogP contribution in [0.25, 0.3) is 0 Å². The van der Waals surface area contributed by atoms with Gasteiger partial charge in [-0.3, -0.25) is 4.79 Å². The van der Waals surface area contributed by atoms with Gasteiger partial charge in [0.2, 0.25) is 15.9 Å². The molecule has 5 nitrogen and oxygen atoms in total. The summed E-state index contributed by atoms with van der Waals surface area (Å²) in [7, 11) is -3.92. The van der Waals surface area contributed by atoms with Crippen LogP contribution in [0, 0.1) is 17.6 Å². The molecular weight excluding hydrogens is 410 g/mol. The minimum absolute atomic E-state index is 0.0183. The molecule has 0 N–H and O–H groups in total. The van der Waals surface area contributed by atoms with Gasteiger partial charge in [-0.2, -0.15) is 4.31 Å². The van der Waals surface area contributed by atoms with Crippen molar-refractivity contribution in [2.45, 2.75) is 43.2 Å². The smallest absolute Gasteiger partial charge is 0.245 e. The summed E-state index contributed by atoms with van der Waals surface area (Å²) in [4.78, 5) is 14.7. The molecule has 0 bridgehead atoms. The van der Waals surface area contributed by atoms with Gasteiger partial charge in [-0.25, -0.2) is 17.2 Å². The van der Waals surface area contributed by atoms with E-state index in [-0.39, 0.29) is 41.7 Å². The van der Waals surface area contributed by atoms with E-state index in [0.29, 0.717) is 19.4 Å². The van der Waals surface area contributed by atoms with E-state index >= 15 is 0 Å². The Hall–Kier alpha value is -2.32. The summed E-state index contributed by atoms with van der Waals surface area (Å²) < 4.78 is 53.9. The van der Waals surface area contributed by atoms with Crippen molar-refractivity contribution in [2.75, 3.05) is 13.1 Å². The van der Waals surface area contributed by atoms with Gasteiger partial charge in [0.25, 0.3) is 0 Å². The molecule has 1 saturated heterocycles. The van der Waals surface area contributed by atoms with E-state index in [1.807, 2.05) is 4.90 Å². The van der Waals surface area contributed by atoms with E-state index in [9.17, 15) is 22.0 Å². The molecular formula is C22H24F2N2O3S. The predicted octanol–water partition coefficient (Wildman–Crippen LogP) is 3.56. The van der Waals surface area contributed by atoms with Crippen molar-refractivity contribution < 1.29 is 22.0 Å². The summed E-state index contributed by atoms with van der Waals surface area (Å²) in [5.74, 6) is -1.33. The second-order valence-corrected chi connectivity index (χ2v) is 9.84. The normalized spacial score (nSPS) is 18.3. The SMILES string of the molecule is O=C(C1CCN(S(=O)(=O)c2ccccc2F)CC1)N(Cc1ccc(F)cc1)C1CC1. The Morgan fingerprint density at radius 1 is 0.967 bits per heavy atom. The molecule has 0 unspecified atom stereocenters. The lowest BCUT2D eigenvalue weighted by atomic mass is 9.96. The van der Waals surface area contributed by atoms with Crippen LogP contribution in [0.15, 0.2) is 53.4 Å². The van der Waals surface area contributed by atoms with Crippen LogP contribution in [-0.2, 0) is 21.4 Å². The first-order valence-electron chi connectivity index (χ1n) is 10.2. The van der Waals surface area contributed by atoms with E-state index in [0.717, 1.165) is 24.5 Å². The first-order valence-corrected chi connectivity index (χ1v) is 11.6. The molecule has 1 aliphatic carbocycles. The molecule has 1 aliphatic heterocycles. The van der Waals surface area contributed by atoms with Gasteiger partial charge < -0.3 is 4.90 Å². The highest BCUT2D eigenvalue weighted by Crippen LogP contribution is 2.33. The predicted molar refractivity (Wildman–Crippen MR) is 108 cm³/mol. The van der Waals surface area contributed by atoms with E-state index in [4.69, 9.17) is 0 Å². The van der Waals surface area contributed by atoms with E-state index in [1.165, 1.54) is 34.6 Å². The van der Waals surface area contributed by atoms with Crippen LogP contribution in [0.4, 0.5) is 8.78 Å². The number of rotatable bonds is 6. The van der Waals surface area contributed by atoms with Crippen molar-refractivity contribution in [3.8, 4) is 0 Å². The summed E-state index contributed by atoms with van der Waals surface area (Å²) in [5, 5.41) is 0. The lowest BCUT2D eigenvalue weighted by Gasteiger charge is -2.34. The van der Waals surface area contributed by atoms with Crippen molar-refractivity contribution >= 4 is 15.9 Å². The molecule has 2 aromatic rings. The first-order chi connectivity index (χ1) is 14.4. The van der Waals surface area contributed by atoms with Crippen LogP contribution in [-0.4, -0.2) is 42.7 Å². The van der Waals surface area contributed by atoms with Gasteiger partial charge in [-0.05, 0) is 55.5 Å². The summed E-state index contributed by atoms with van der Waals surface area (Å²) >= 11 is 0. The molecule has 0 aromatic heterocycles. The van der Waals surface area contributed by atoms with E-state index < -0.39 is 15.8 Å². The van der Waals surface area contributed by atoms with Crippen LogP contribution >= 0.6 is 0 Å². The number of amides is 1. The average molecular weight is 435 g/mol. The topological polar surface area (TPSA) is 57.7 Å². The zero-order valence-corrected chi connectivity index (χ0v) is 17.3. The minimum atomic E-state index is -3.92. The van der Waals surface area contributed by atoms with Gasteiger partial charge in [0.05, 0.1) is 0 Å². The highest BCUT2D eigenvalue weighted by Gasteiger charge is 2.39. The standard InChI is InChI=1S/C22H24F2N2O3S/c23-18-7-5-16(6-8-18)15-26(19-9-10-19)22(27)17-11-13-25(14-12-17)30(28,29)21-4-2-1-3-20(21)24/h1-8,17,19H,9-15H2. The molecule has 8 heteroatoms. The van der Waals surface area contributed by atoms with E-state index in [2.05, 4.69) is 0 Å². The number of hydrogen-bond acceptors (Lipinski definition) is 3. The van der Waals surface area contributed by atoms with Crippen molar-refractivity contribution in [1.29, 1.82) is 0 Å². The fourth-order valence-electron chi connectivity index (χ4n) is 3.93. The lowest BCUT2D eigenvalue weighted by Crippen LogP contribution is -2.45. The maximum Gasteiger partial charge on any atom is 0.245 e. The number of halogens is 2. The minimum Gasteiger partial charge on any atom is -0.335 e. The Morgan fingerprint density at radius 3 is 2.20 bits per heavy atom. The number of sulfonamides is 1. The van der Waals surface area contributed by atoms with Crippen molar-refractivity contribution in [1.82, 2.24) is 9.21 Å². The Balaban J connectivity index is 1.42. The third-order valence-corrected chi connectivity index (χ3v) is 7.73. The molecule has 1 amide bonds. The Labute approximate surface area is 175 Å². The third-order valence-electron chi connectivity index (χ3n) is 5.79. The second-order valence-electron chi connectivity index (χ2n) is 7.93. The summed E-state index contributed by atoms with van der Waals surface area (Å²) in [6.07, 6.45) is 2.71. The van der Waals surface area contributed by atoms with Gasteiger partial charge >= 0.3 is 0 Å². The maximum absolute atomic E-state index is 14.0. The quantitative estimate of drug-likeness (QED) is 0.699. The molecule has 1 saturated carbocycles. The molecule has 1 heterocycles. The molecule has 2 fully saturated rings. The molecule has 0 radical (unpaired) electrons. The molecule has 0 spiro atoms. The van der Waals surface area contributed by atoms with Crippen molar-refractivity contribution in [2.24, 2.45) is 5.92 Å². The average Bonchev–Trinajstić information content (AvgIpc) is 3.58. The molecule has 2 aromatic carbocycles. The third kappa shape index (κ3) is 4.39. The first kappa shape index (κ1) is 20.9. The number of piperidine rings is 1. The van der Waals surface area contributed by atoms with Gasteiger partial charge in [0.1, 0.15) is 16.5 Å². The van der Waals surface area contributed by atoms with Crippen molar-refractivity contribution in [3.63, 3.8) is 0 Å². The lowest BCUT2D eigenvalue weighted by molar-refractivity contribution is -0.138. The fraction of sp³-hybridized carbons (Fsp3) is 0.409. The summed E-state index contributed by atoms with van der Waals surface area (Å²) in [6, 6.07) is 11.7. The Bertz CT molecular complexity index is 1010. The molecule has 2 aliphatic rings. The number of benzene rings is 2. The van der Waals surface area contributed by atoms with Gasteiger partial charge in [0.15, 0.2) is 0 Å². The van der Waals surface area contributed by atoms with E-state index in [1.54, 1.807) is 12.1 Å². The second kappa shape index (κ2) is 8.43. The van der Waals surface area contributed by atoms with Crippen LogP contribution in [0.2, 0.25) is 0 Å². The van der Waals surface area contributed by atoms with Gasteiger partial charge in [0, 0.05) is 31.6 Å². The molecule has 4 rings (SSSR count). The number of carbonyl (C=O) groups is 1. The molecule has 30 heavy (non-hydrogen) atoms. The largest absolute Gasteiger partial charge is 0.335 e. The molecule has 160 valence electrons. The number of carbonyl (C=O) groups excluding carboxylic acids is 1. The van der Waals surface area contributed by atoms with Crippen LogP contribution in [0.3, 0.4) is 0 Å². The number of hydrogen-bond donors (Lipinski definition) is 0. The number of nitrogens with zero attached hydrogens (tertiary/aromatic N) is 2. The highest BCUT2D eigenvalue weighted by atomic mass is 32.2.